The smallest absolute Gasteiger partial charge is 0.239 e. The Balaban J connectivity index is 1.45. The molecule has 0 aliphatic carbocycles. The lowest BCUT2D eigenvalue weighted by Gasteiger charge is -2.42. The van der Waals surface area contributed by atoms with Gasteiger partial charge in [0.25, 0.3) is 0 Å². The number of aliphatic hydroxyl groups excluding tert-OH is 6. The highest BCUT2D eigenvalue weighted by molar-refractivity contribution is 5.88. The van der Waals surface area contributed by atoms with Gasteiger partial charge in [-0.15, -0.1) is 0 Å². The molecule has 2 aromatic carbocycles. The molecule has 2 saturated heterocycles. The molecule has 222 valence electrons. The van der Waals surface area contributed by atoms with Crippen molar-refractivity contribution in [3.8, 4) is 28.6 Å². The van der Waals surface area contributed by atoms with E-state index in [1.165, 1.54) is 6.92 Å². The summed E-state index contributed by atoms with van der Waals surface area (Å²) in [4.78, 5) is 13.5. The van der Waals surface area contributed by atoms with Crippen LogP contribution in [0.1, 0.15) is 6.92 Å². The Morgan fingerprint density at radius 2 is 1.46 bits per heavy atom. The van der Waals surface area contributed by atoms with Crippen LogP contribution in [0.3, 0.4) is 0 Å². The third-order valence-electron chi connectivity index (χ3n) is 7.09. The summed E-state index contributed by atoms with van der Waals surface area (Å²) >= 11 is 0. The highest BCUT2D eigenvalue weighted by Gasteiger charge is 2.47. The van der Waals surface area contributed by atoms with Gasteiger partial charge in [0.15, 0.2) is 12.1 Å². The van der Waals surface area contributed by atoms with Crippen LogP contribution in [0, 0.1) is 0 Å². The maximum absolute atomic E-state index is 13.5. The van der Waals surface area contributed by atoms with E-state index in [0.29, 0.717) is 5.56 Å². The number of hydrogen-bond acceptors (Lipinski definition) is 14. The van der Waals surface area contributed by atoms with Gasteiger partial charge in [-0.3, -0.25) is 4.79 Å². The molecular weight excluding hydrogens is 548 g/mol. The zero-order chi connectivity index (χ0) is 29.6. The molecule has 0 spiro atoms. The molecule has 10 atom stereocenters. The Kier molecular flexibility index (Phi) is 8.20. The average Bonchev–Trinajstić information content (AvgIpc) is 2.95. The van der Waals surface area contributed by atoms with Gasteiger partial charge in [0, 0.05) is 17.7 Å². The first-order valence-corrected chi connectivity index (χ1v) is 12.7. The average molecular weight is 579 g/mol. The highest BCUT2D eigenvalue weighted by Crippen LogP contribution is 2.37. The summed E-state index contributed by atoms with van der Waals surface area (Å²) in [5.74, 6) is -1.61. The standard InChI is InChI=1S/C27H30O14/c1-10-17(30)20(33)22(35)26(38-10)37-9-15-18(31)21(34)23(36)27(40-15)41-25-19(32)16-13(29)7-12(28)8-14(16)39-24(25)11-5-3-2-4-6-11/h2-8,10,15,17-18,20-23,26-31,33-36H,9H2,1H3/t10-,15+,17-,18+,20+,21-,22+,23+,26+,27-/m0/s1. The van der Waals surface area contributed by atoms with Crippen molar-refractivity contribution in [2.45, 2.75) is 68.3 Å². The predicted octanol–water partition coefficient (Wildman–Crippen LogP) is -1.10. The van der Waals surface area contributed by atoms with E-state index in [1.807, 2.05) is 0 Å². The number of aromatic hydroxyl groups is 2. The number of hydrogen-bond donors (Lipinski definition) is 8. The van der Waals surface area contributed by atoms with Gasteiger partial charge in [0.05, 0.1) is 12.7 Å². The third-order valence-corrected chi connectivity index (χ3v) is 7.09. The van der Waals surface area contributed by atoms with Crippen LogP contribution in [-0.2, 0) is 14.2 Å². The highest BCUT2D eigenvalue weighted by atomic mass is 16.7. The maximum Gasteiger partial charge on any atom is 0.239 e. The summed E-state index contributed by atoms with van der Waals surface area (Å²) in [6, 6.07) is 10.3. The van der Waals surface area contributed by atoms with Crippen LogP contribution < -0.4 is 10.2 Å². The number of fused-ring (bicyclic) bond motifs is 1. The lowest BCUT2D eigenvalue weighted by molar-refractivity contribution is -0.318. The fourth-order valence-corrected chi connectivity index (χ4v) is 4.76. The van der Waals surface area contributed by atoms with E-state index in [2.05, 4.69) is 0 Å². The molecule has 2 aliphatic rings. The van der Waals surface area contributed by atoms with Gasteiger partial charge in [-0.1, -0.05) is 30.3 Å². The molecule has 0 radical (unpaired) electrons. The molecule has 0 saturated carbocycles. The number of benzene rings is 2. The molecule has 0 unspecified atom stereocenters. The number of aliphatic hydroxyl groups is 6. The van der Waals surface area contributed by atoms with Crippen LogP contribution in [-0.4, -0.2) is 109 Å². The summed E-state index contributed by atoms with van der Waals surface area (Å²) in [6.45, 7) is 0.907. The number of phenolic OH excluding ortho intramolecular Hbond substituents is 2. The molecule has 3 heterocycles. The van der Waals surface area contributed by atoms with Gasteiger partial charge in [0.2, 0.25) is 17.5 Å². The molecule has 0 amide bonds. The van der Waals surface area contributed by atoms with Crippen molar-refractivity contribution in [3.63, 3.8) is 0 Å². The lowest BCUT2D eigenvalue weighted by Crippen LogP contribution is -2.61. The quantitative estimate of drug-likeness (QED) is 0.174. The van der Waals surface area contributed by atoms with E-state index in [4.69, 9.17) is 23.4 Å². The molecule has 14 heteroatoms. The van der Waals surface area contributed by atoms with Gasteiger partial charge >= 0.3 is 0 Å². The van der Waals surface area contributed by atoms with E-state index >= 15 is 0 Å². The predicted molar refractivity (Wildman–Crippen MR) is 137 cm³/mol. The van der Waals surface area contributed by atoms with Crippen molar-refractivity contribution in [2.75, 3.05) is 6.61 Å². The molecule has 41 heavy (non-hydrogen) atoms. The Labute approximate surface area is 231 Å². The van der Waals surface area contributed by atoms with Gasteiger partial charge in [-0.2, -0.15) is 0 Å². The fourth-order valence-electron chi connectivity index (χ4n) is 4.76. The first-order chi connectivity index (χ1) is 19.5. The molecule has 5 rings (SSSR count). The van der Waals surface area contributed by atoms with Gasteiger partial charge < -0.3 is 64.2 Å². The number of rotatable bonds is 6. The zero-order valence-electron chi connectivity index (χ0n) is 21.5. The molecule has 1 aromatic heterocycles. The Bertz CT molecular complexity index is 1430. The molecule has 14 nitrogen and oxygen atoms in total. The van der Waals surface area contributed by atoms with Gasteiger partial charge in [-0.05, 0) is 6.92 Å². The normalized spacial score (nSPS) is 34.0. The summed E-state index contributed by atoms with van der Waals surface area (Å²) in [5.41, 5.74) is -0.682. The van der Waals surface area contributed by atoms with E-state index in [0.717, 1.165) is 12.1 Å². The SMILES string of the molecule is C[C@@H]1O[C@@H](OC[C@H]2O[C@@H](Oc3c(-c4ccccc4)oc4cc(O)cc(O)c4c3=O)[C@H](O)[C@@H](O)[C@@H]2O)[C@H](O)[C@H](O)[C@H]1O. The first kappa shape index (κ1) is 29.2. The second-order valence-corrected chi connectivity index (χ2v) is 9.94. The zero-order valence-corrected chi connectivity index (χ0v) is 21.5. The van der Waals surface area contributed by atoms with E-state index < -0.39 is 84.9 Å². The van der Waals surface area contributed by atoms with Crippen LogP contribution in [0.2, 0.25) is 0 Å². The maximum atomic E-state index is 13.5. The lowest BCUT2D eigenvalue weighted by atomic mass is 9.98. The topological polar surface area (TPSA) is 229 Å². The largest absolute Gasteiger partial charge is 0.508 e. The summed E-state index contributed by atoms with van der Waals surface area (Å²) < 4.78 is 28.1. The summed E-state index contributed by atoms with van der Waals surface area (Å²) in [7, 11) is 0. The monoisotopic (exact) mass is 578 g/mol. The van der Waals surface area contributed by atoms with Crippen molar-refractivity contribution in [1.82, 2.24) is 0 Å². The Morgan fingerprint density at radius 3 is 2.17 bits per heavy atom. The first-order valence-electron chi connectivity index (χ1n) is 12.7. The van der Waals surface area contributed by atoms with Crippen molar-refractivity contribution in [1.29, 1.82) is 0 Å². The minimum atomic E-state index is -1.87. The van der Waals surface area contributed by atoms with Crippen LogP contribution in [0.4, 0.5) is 0 Å². The molecule has 2 fully saturated rings. The van der Waals surface area contributed by atoms with E-state index in [9.17, 15) is 45.6 Å². The van der Waals surface area contributed by atoms with Crippen molar-refractivity contribution >= 4 is 11.0 Å². The van der Waals surface area contributed by atoms with Crippen LogP contribution in [0.25, 0.3) is 22.3 Å². The third kappa shape index (κ3) is 5.49. The van der Waals surface area contributed by atoms with Gasteiger partial charge in [0.1, 0.15) is 65.2 Å². The van der Waals surface area contributed by atoms with Crippen LogP contribution in [0.5, 0.6) is 17.2 Å². The molecule has 2 aliphatic heterocycles. The van der Waals surface area contributed by atoms with E-state index in [-0.39, 0.29) is 22.5 Å². The molecular formula is C27H30O14. The fraction of sp³-hybridized carbons (Fsp3) is 0.444. The second kappa shape index (κ2) is 11.5. The second-order valence-electron chi connectivity index (χ2n) is 9.94. The Morgan fingerprint density at radius 1 is 0.805 bits per heavy atom. The number of ether oxygens (including phenoxy) is 4. The number of phenols is 2. The van der Waals surface area contributed by atoms with E-state index in [1.54, 1.807) is 30.3 Å². The van der Waals surface area contributed by atoms with Crippen molar-refractivity contribution in [3.05, 3.63) is 52.7 Å². The molecule has 0 bridgehead atoms. The van der Waals surface area contributed by atoms with Crippen molar-refractivity contribution in [2.24, 2.45) is 0 Å². The Hall–Kier alpha value is -3.31. The summed E-state index contributed by atoms with van der Waals surface area (Å²) in [6.07, 6.45) is -15.5. The minimum Gasteiger partial charge on any atom is -0.508 e. The molecule has 8 N–H and O–H groups in total. The van der Waals surface area contributed by atoms with Gasteiger partial charge in [-0.25, -0.2) is 0 Å². The minimum absolute atomic E-state index is 0.141. The van der Waals surface area contributed by atoms with Crippen LogP contribution in [0.15, 0.2) is 51.7 Å². The molecule has 3 aromatic rings. The van der Waals surface area contributed by atoms with Crippen molar-refractivity contribution < 1.29 is 64.2 Å². The summed E-state index contributed by atoms with van der Waals surface area (Å²) in [5, 5.41) is 81.7. The van der Waals surface area contributed by atoms with Crippen LogP contribution >= 0.6 is 0 Å².